The number of pyridine rings is 2. The van der Waals surface area contributed by atoms with Crippen LogP contribution < -0.4 is 38.9 Å². The third-order valence-electron chi connectivity index (χ3n) is 19.3. The number of piperazine rings is 1. The third kappa shape index (κ3) is 10.7. The number of nitro groups is 1. The lowest BCUT2D eigenvalue weighted by molar-refractivity contribution is -0.384. The molecule has 4 atom stereocenters. The number of aromatic amines is 1. The highest BCUT2D eigenvalue weighted by atomic mass is 32.2. The largest absolute Gasteiger partial charge is 0.493 e. The Hall–Kier alpha value is -7.28. The Kier molecular flexibility index (Phi) is 14.9. The van der Waals surface area contributed by atoms with Crippen LogP contribution in [0.25, 0.3) is 11.0 Å². The molecular weight excluding hydrogens is 1110 g/mol. The number of rotatable bonds is 13. The van der Waals surface area contributed by atoms with Gasteiger partial charge in [-0.05, 0) is 116 Å². The van der Waals surface area contributed by atoms with Crippen LogP contribution in [0.15, 0.2) is 90.1 Å². The molecule has 1 aliphatic carbocycles. The number of H-pyrrole nitrogens is 1. The average Bonchev–Trinajstić information content (AvgIpc) is 2.29. The molecule has 5 saturated heterocycles. The van der Waals surface area contributed by atoms with Crippen molar-refractivity contribution in [1.29, 1.82) is 0 Å². The van der Waals surface area contributed by atoms with Gasteiger partial charge >= 0.3 is 0 Å². The molecule has 3 aromatic carbocycles. The summed E-state index contributed by atoms with van der Waals surface area (Å²) in [6, 6.07) is 22.9. The van der Waals surface area contributed by atoms with Gasteiger partial charge in [-0.3, -0.25) is 24.7 Å². The van der Waals surface area contributed by atoms with Gasteiger partial charge in [-0.15, -0.1) is 0 Å². The maximum Gasteiger partial charge on any atom is 0.297 e. The Balaban J connectivity index is 0.714. The molecule has 85 heavy (non-hydrogen) atoms. The molecular formula is C62H73N11O11S. The lowest BCUT2D eigenvalue weighted by Crippen LogP contribution is -2.59. The lowest BCUT2D eigenvalue weighted by atomic mass is 9.59. The number of morpholine rings is 1. The van der Waals surface area contributed by atoms with Crippen molar-refractivity contribution in [3.63, 3.8) is 0 Å². The average molecular weight is 1180 g/mol. The van der Waals surface area contributed by atoms with Crippen LogP contribution in [0, 0.1) is 28.4 Å². The number of sulfonamides is 1. The summed E-state index contributed by atoms with van der Waals surface area (Å²) in [5, 5.41) is 16.7. The van der Waals surface area contributed by atoms with Crippen molar-refractivity contribution >= 4 is 61.2 Å². The number of hydrogen-bond donors (Lipinski definition) is 3. The fourth-order valence-electron chi connectivity index (χ4n) is 14.7. The minimum Gasteiger partial charge on any atom is -0.493 e. The number of anilines is 5. The fraction of sp³-hybridized carbons (Fsp3) is 0.500. The van der Waals surface area contributed by atoms with E-state index in [-0.39, 0.29) is 53.1 Å². The Morgan fingerprint density at radius 1 is 0.882 bits per heavy atom. The first-order chi connectivity index (χ1) is 41.4. The minimum atomic E-state index is -4.72. The highest BCUT2D eigenvalue weighted by molar-refractivity contribution is 7.90. The number of aryl methyl sites for hydroxylation is 1. The Labute approximate surface area is 494 Å². The summed E-state index contributed by atoms with van der Waals surface area (Å²) < 4.78 is 66.9. The number of hydrogen-bond acceptors (Lipinski definition) is 19. The predicted molar refractivity (Wildman–Crippen MR) is 319 cm³/mol. The van der Waals surface area contributed by atoms with Crippen LogP contribution in [-0.4, -0.2) is 167 Å². The first kappa shape index (κ1) is 55.6. The number of ether oxygens (including phenoxy) is 6. The molecule has 22 nitrogen and oxygen atoms in total. The van der Waals surface area contributed by atoms with E-state index in [2.05, 4.69) is 76.8 Å². The Morgan fingerprint density at radius 3 is 2.48 bits per heavy atom. The smallest absolute Gasteiger partial charge is 0.297 e. The first-order valence-electron chi connectivity index (χ1n) is 30.0. The topological polar surface area (TPSA) is 232 Å². The Bertz CT molecular complexity index is 3610. The second-order valence-electron chi connectivity index (χ2n) is 24.3. The van der Waals surface area contributed by atoms with E-state index < -0.39 is 37.5 Å². The van der Waals surface area contributed by atoms with E-state index in [9.17, 15) is 23.3 Å². The van der Waals surface area contributed by atoms with Gasteiger partial charge in [0.15, 0.2) is 23.0 Å². The zero-order valence-electron chi connectivity index (χ0n) is 48.1. The van der Waals surface area contributed by atoms with E-state index in [0.29, 0.717) is 75.0 Å². The number of methoxy groups -OCH3 is 1. The van der Waals surface area contributed by atoms with Gasteiger partial charge in [0.25, 0.3) is 21.6 Å². The van der Waals surface area contributed by atoms with Crippen LogP contribution in [-0.2, 0) is 30.8 Å². The van der Waals surface area contributed by atoms with Gasteiger partial charge in [0.2, 0.25) is 5.88 Å². The molecule has 23 heteroatoms. The highest BCUT2D eigenvalue weighted by Gasteiger charge is 2.50. The van der Waals surface area contributed by atoms with E-state index in [1.165, 1.54) is 17.2 Å². The second-order valence-corrected chi connectivity index (χ2v) is 26.0. The van der Waals surface area contributed by atoms with E-state index in [1.807, 2.05) is 36.7 Å². The molecule has 0 radical (unpaired) electrons. The van der Waals surface area contributed by atoms with E-state index in [4.69, 9.17) is 38.4 Å². The van der Waals surface area contributed by atoms with Crippen molar-refractivity contribution in [2.24, 2.45) is 11.3 Å². The molecule has 3 N–H and O–H groups in total. The van der Waals surface area contributed by atoms with Crippen molar-refractivity contribution in [3.8, 4) is 17.4 Å². The number of nitrogens with one attached hydrogen (secondary N) is 3. The predicted octanol–water partition coefficient (Wildman–Crippen LogP) is 7.73. The summed E-state index contributed by atoms with van der Waals surface area (Å²) in [5.74, 6) is 1.32. The van der Waals surface area contributed by atoms with Crippen molar-refractivity contribution in [1.82, 2.24) is 29.5 Å². The van der Waals surface area contributed by atoms with Crippen molar-refractivity contribution < 1.29 is 46.6 Å². The van der Waals surface area contributed by atoms with Crippen LogP contribution in [0.5, 0.6) is 17.4 Å². The summed E-state index contributed by atoms with van der Waals surface area (Å²) in [6.07, 6.45) is 9.71. The summed E-state index contributed by atoms with van der Waals surface area (Å²) in [4.78, 5) is 51.5. The van der Waals surface area contributed by atoms with Gasteiger partial charge in [0.05, 0.1) is 60.1 Å². The van der Waals surface area contributed by atoms with Gasteiger partial charge in [0.1, 0.15) is 24.0 Å². The molecule has 6 aromatic rings. The monoisotopic (exact) mass is 1180 g/mol. The molecule has 0 unspecified atom stereocenters. The fourth-order valence-corrected chi connectivity index (χ4v) is 15.7. The molecule has 6 fully saturated rings. The molecule has 1 spiro atoms. The zero-order chi connectivity index (χ0) is 58.0. The van der Waals surface area contributed by atoms with Crippen molar-refractivity contribution in [3.05, 3.63) is 118 Å². The molecule has 8 aliphatic rings. The number of nitro benzene ring substituents is 1. The summed E-state index contributed by atoms with van der Waals surface area (Å²) in [6.45, 7) is 12.5. The number of nitrogens with zero attached hydrogens (tertiary/aromatic N) is 8. The number of benzene rings is 3. The molecule has 10 heterocycles. The minimum absolute atomic E-state index is 0.0256. The van der Waals surface area contributed by atoms with Gasteiger partial charge in [-0.1, -0.05) is 24.3 Å². The molecule has 1 saturated carbocycles. The summed E-state index contributed by atoms with van der Waals surface area (Å²) in [5.41, 5.74) is 6.42. The first-order valence-corrected chi connectivity index (χ1v) is 31.5. The number of carbonyl (C=O) groups is 1. The SMILES string of the molecule is COc1cc(CN2CCN(C3CC4(CCN(c5ccc(C(=O)NS(=O)(=O)c6cc7c(c([N+](=O)[O-])c6)N[C@H](C6CCOCC6)CO7)c(N6c7cc8cc[nH]c8nc7O[C@H]7COCC[C@@H]76)c5)CC4)C3)[C@H](c3ccccc3C)C2)cnc1N1CCOCC1. The van der Waals surface area contributed by atoms with E-state index >= 15 is 0 Å². The summed E-state index contributed by atoms with van der Waals surface area (Å²) in [7, 11) is -2.99. The molecule has 1 amide bonds. The van der Waals surface area contributed by atoms with Gasteiger partial charge in [-0.25, -0.2) is 18.1 Å². The van der Waals surface area contributed by atoms with Crippen molar-refractivity contribution in [2.45, 2.75) is 93.6 Å². The lowest BCUT2D eigenvalue weighted by Gasteiger charge is -2.58. The van der Waals surface area contributed by atoms with Gasteiger partial charge in [0, 0.05) is 120 Å². The number of piperidine rings is 1. The normalized spacial score (nSPS) is 23.9. The van der Waals surface area contributed by atoms with Gasteiger partial charge < -0.3 is 53.4 Å². The van der Waals surface area contributed by atoms with Crippen LogP contribution in [0.3, 0.4) is 0 Å². The maximum absolute atomic E-state index is 15.0. The second kappa shape index (κ2) is 22.9. The maximum atomic E-state index is 15.0. The molecule has 3 aromatic heterocycles. The molecule has 7 aliphatic heterocycles. The zero-order valence-corrected chi connectivity index (χ0v) is 48.9. The molecule has 448 valence electrons. The van der Waals surface area contributed by atoms with Crippen LogP contribution in [0.1, 0.15) is 78.0 Å². The summed E-state index contributed by atoms with van der Waals surface area (Å²) >= 11 is 0. The van der Waals surface area contributed by atoms with Crippen LogP contribution in [0.2, 0.25) is 0 Å². The van der Waals surface area contributed by atoms with Crippen LogP contribution in [0.4, 0.5) is 34.3 Å². The molecule has 14 rings (SSSR count). The van der Waals surface area contributed by atoms with Gasteiger partial charge in [-0.2, -0.15) is 4.98 Å². The Morgan fingerprint density at radius 2 is 1.68 bits per heavy atom. The van der Waals surface area contributed by atoms with E-state index in [1.54, 1.807) is 13.2 Å². The number of amides is 1. The van der Waals surface area contributed by atoms with Crippen molar-refractivity contribution in [2.75, 3.05) is 119 Å². The number of aromatic nitrogens is 3. The standard InChI is InChI=1S/C62H73N11O11S/c1-39-5-3-4-6-46(39)53-36-68(35-40-27-55(79-2)59(64-34-40)70-20-25-81-26-21-70)18-19-71(53)44-32-62(33-44)13-16-69(17-14-62)43-7-8-47(50(29-43)72-49-12-24-82-38-56(49)84-61-52(72)28-42-9-15-63-58(42)66-61)60(74)67-85(77,78)45-30-51(73(75)76)57-54(31-45)83-37-48(65-57)41-10-22-80-23-11-41/h3-9,15,27-31,34,41,44,48-49,53,56,65H,10-14,16-26,32-33,35-38H2,1-2H3,(H,63,66)(H,67,74)/t48-,49-,53-,56-/m0/s1. The highest BCUT2D eigenvalue weighted by Crippen LogP contribution is 2.54. The molecule has 0 bridgehead atoms. The number of carbonyl (C=O) groups excluding carboxylic acids is 1. The number of fused-ring (bicyclic) bond motifs is 4. The van der Waals surface area contributed by atoms with Crippen LogP contribution >= 0.6 is 0 Å². The van der Waals surface area contributed by atoms with E-state index in [0.717, 1.165) is 125 Å². The quantitative estimate of drug-likeness (QED) is 0.0741. The third-order valence-corrected chi connectivity index (χ3v) is 20.6.